The molecule has 0 unspecified atom stereocenters. The topological polar surface area (TPSA) is 55.1 Å². The van der Waals surface area contributed by atoms with Crippen LogP contribution in [0.2, 0.25) is 0 Å². The fraction of sp³-hybridized carbons (Fsp3) is 0.263. The number of nitrogens with zero attached hydrogens (tertiary/aromatic N) is 1. The molecule has 124 valence electrons. The summed E-state index contributed by atoms with van der Waals surface area (Å²) in [7, 11) is 0. The number of carbonyl (C=O) groups is 1. The summed E-state index contributed by atoms with van der Waals surface area (Å²) >= 11 is 1.65. The van der Waals surface area contributed by atoms with E-state index in [1.54, 1.807) is 24.3 Å². The Morgan fingerprint density at radius 1 is 1.21 bits per heavy atom. The van der Waals surface area contributed by atoms with Crippen LogP contribution in [0.4, 0.5) is 0 Å². The largest absolute Gasteiger partial charge is 0.466 e. The molecule has 3 aromatic rings. The van der Waals surface area contributed by atoms with Crippen LogP contribution in [0, 0.1) is 20.8 Å². The number of amides is 1. The second-order valence-corrected chi connectivity index (χ2v) is 6.84. The number of aromatic nitrogens is 1. The van der Waals surface area contributed by atoms with E-state index < -0.39 is 0 Å². The molecule has 0 atom stereocenters. The summed E-state index contributed by atoms with van der Waals surface area (Å²) < 4.78 is 5.39. The molecule has 2 heterocycles. The maximum absolute atomic E-state index is 12.1. The molecule has 0 saturated heterocycles. The number of aryl methyl sites for hydroxylation is 3. The van der Waals surface area contributed by atoms with Gasteiger partial charge in [0.25, 0.3) is 5.91 Å². The molecule has 0 fully saturated rings. The zero-order chi connectivity index (χ0) is 17.1. The number of thiazole rings is 1. The molecule has 24 heavy (non-hydrogen) atoms. The molecule has 1 N–H and O–H groups in total. The van der Waals surface area contributed by atoms with Gasteiger partial charge in [0.1, 0.15) is 11.5 Å². The molecule has 0 aliphatic rings. The van der Waals surface area contributed by atoms with Crippen molar-refractivity contribution < 1.29 is 9.21 Å². The lowest BCUT2D eigenvalue weighted by atomic mass is 10.1. The van der Waals surface area contributed by atoms with Gasteiger partial charge in [0.05, 0.1) is 16.3 Å². The summed E-state index contributed by atoms with van der Waals surface area (Å²) in [6.45, 7) is 6.25. The van der Waals surface area contributed by atoms with E-state index in [1.165, 1.54) is 5.56 Å². The van der Waals surface area contributed by atoms with Crippen LogP contribution in [0.15, 0.2) is 40.1 Å². The number of rotatable bonds is 5. The first-order valence-electron chi connectivity index (χ1n) is 7.89. The molecule has 3 rings (SSSR count). The van der Waals surface area contributed by atoms with E-state index in [0.717, 1.165) is 28.4 Å². The molecular weight excluding hydrogens is 320 g/mol. The molecule has 0 saturated carbocycles. The molecule has 0 radical (unpaired) electrons. The summed E-state index contributed by atoms with van der Waals surface area (Å²) in [5.74, 6) is 1.33. The number of hydrogen-bond donors (Lipinski definition) is 1. The summed E-state index contributed by atoms with van der Waals surface area (Å²) in [5, 5.41) is 6.08. The first-order chi connectivity index (χ1) is 11.5. The fourth-order valence-corrected chi connectivity index (χ4v) is 3.23. The number of furan rings is 1. The van der Waals surface area contributed by atoms with E-state index in [4.69, 9.17) is 4.42 Å². The first-order valence-corrected chi connectivity index (χ1v) is 8.77. The maximum Gasteiger partial charge on any atom is 0.254 e. The van der Waals surface area contributed by atoms with Crippen LogP contribution in [0.25, 0.3) is 11.3 Å². The number of hydrogen-bond acceptors (Lipinski definition) is 4. The lowest BCUT2D eigenvalue weighted by molar-refractivity contribution is 0.0952. The molecule has 4 nitrogen and oxygen atoms in total. The average molecular weight is 340 g/mol. The quantitative estimate of drug-likeness (QED) is 0.753. The molecule has 0 spiro atoms. The SMILES string of the molecule is Cc1cc(C(=O)NCCc2ccc(-c3csc(C)n3)cc2)c(C)o1. The van der Waals surface area contributed by atoms with Gasteiger partial charge in [-0.15, -0.1) is 11.3 Å². The van der Waals surface area contributed by atoms with Crippen LogP contribution >= 0.6 is 11.3 Å². The van der Waals surface area contributed by atoms with Crippen LogP contribution < -0.4 is 5.32 Å². The highest BCUT2D eigenvalue weighted by Crippen LogP contribution is 2.21. The molecular formula is C19H20N2O2S. The minimum atomic E-state index is -0.0843. The number of benzene rings is 1. The standard InChI is InChI=1S/C19H20N2O2S/c1-12-10-17(13(2)23-12)19(22)20-9-8-15-4-6-16(7-5-15)18-11-24-14(3)21-18/h4-7,10-11H,8-9H2,1-3H3,(H,20,22). The third kappa shape index (κ3) is 3.74. The van der Waals surface area contributed by atoms with E-state index in [2.05, 4.69) is 39.9 Å². The monoisotopic (exact) mass is 340 g/mol. The Morgan fingerprint density at radius 3 is 2.54 bits per heavy atom. The second-order valence-electron chi connectivity index (χ2n) is 5.78. The smallest absolute Gasteiger partial charge is 0.254 e. The maximum atomic E-state index is 12.1. The highest BCUT2D eigenvalue weighted by molar-refractivity contribution is 7.09. The molecule has 0 bridgehead atoms. The van der Waals surface area contributed by atoms with Crippen LogP contribution in [-0.2, 0) is 6.42 Å². The molecule has 1 aromatic carbocycles. The van der Waals surface area contributed by atoms with Gasteiger partial charge < -0.3 is 9.73 Å². The number of nitrogens with one attached hydrogen (secondary N) is 1. The second kappa shape index (κ2) is 7.01. The molecule has 0 aliphatic heterocycles. The molecule has 1 amide bonds. The lowest BCUT2D eigenvalue weighted by Crippen LogP contribution is -2.25. The molecule has 0 aliphatic carbocycles. The molecule has 2 aromatic heterocycles. The van der Waals surface area contributed by atoms with Gasteiger partial charge in [0.2, 0.25) is 0 Å². The van der Waals surface area contributed by atoms with Crippen molar-refractivity contribution in [2.24, 2.45) is 0 Å². The summed E-state index contributed by atoms with van der Waals surface area (Å²) in [6.07, 6.45) is 0.790. The minimum absolute atomic E-state index is 0.0843. The predicted octanol–water partition coefficient (Wildman–Crippen LogP) is 4.30. The highest BCUT2D eigenvalue weighted by Gasteiger charge is 2.12. The van der Waals surface area contributed by atoms with Gasteiger partial charge in [-0.25, -0.2) is 4.98 Å². The molecule has 5 heteroatoms. The summed E-state index contributed by atoms with van der Waals surface area (Å²) in [4.78, 5) is 16.6. The van der Waals surface area contributed by atoms with Crippen LogP contribution in [0.1, 0.15) is 32.4 Å². The van der Waals surface area contributed by atoms with Crippen LogP contribution in [0.5, 0.6) is 0 Å². The van der Waals surface area contributed by atoms with Gasteiger partial charge in [0, 0.05) is 17.5 Å². The van der Waals surface area contributed by atoms with Crippen LogP contribution in [0.3, 0.4) is 0 Å². The van der Waals surface area contributed by atoms with Gasteiger partial charge in [-0.1, -0.05) is 24.3 Å². The van der Waals surface area contributed by atoms with Gasteiger partial charge >= 0.3 is 0 Å². The van der Waals surface area contributed by atoms with Crippen molar-refractivity contribution >= 4 is 17.2 Å². The lowest BCUT2D eigenvalue weighted by Gasteiger charge is -2.05. The van der Waals surface area contributed by atoms with Gasteiger partial charge in [-0.2, -0.15) is 0 Å². The van der Waals surface area contributed by atoms with Gasteiger partial charge in [0.15, 0.2) is 0 Å². The van der Waals surface area contributed by atoms with E-state index in [-0.39, 0.29) is 5.91 Å². The fourth-order valence-electron chi connectivity index (χ4n) is 2.61. The van der Waals surface area contributed by atoms with Crippen molar-refractivity contribution in [3.05, 3.63) is 63.4 Å². The zero-order valence-corrected chi connectivity index (χ0v) is 14.9. The van der Waals surface area contributed by atoms with Crippen molar-refractivity contribution in [1.82, 2.24) is 10.3 Å². The van der Waals surface area contributed by atoms with E-state index in [1.807, 2.05) is 13.8 Å². The van der Waals surface area contributed by atoms with Crippen molar-refractivity contribution in [1.29, 1.82) is 0 Å². The Labute approximate surface area is 145 Å². The van der Waals surface area contributed by atoms with Crippen molar-refractivity contribution in [3.63, 3.8) is 0 Å². The van der Waals surface area contributed by atoms with Crippen LogP contribution in [-0.4, -0.2) is 17.4 Å². The van der Waals surface area contributed by atoms with E-state index in [9.17, 15) is 4.79 Å². The average Bonchev–Trinajstić information content (AvgIpc) is 3.13. The van der Waals surface area contributed by atoms with Crippen molar-refractivity contribution in [2.45, 2.75) is 27.2 Å². The Kier molecular flexibility index (Phi) is 4.81. The highest BCUT2D eigenvalue weighted by atomic mass is 32.1. The Morgan fingerprint density at radius 2 is 1.96 bits per heavy atom. The van der Waals surface area contributed by atoms with Crippen molar-refractivity contribution in [3.8, 4) is 11.3 Å². The third-order valence-corrected chi connectivity index (χ3v) is 4.63. The van der Waals surface area contributed by atoms with E-state index in [0.29, 0.717) is 17.9 Å². The summed E-state index contributed by atoms with van der Waals surface area (Å²) in [5.41, 5.74) is 3.94. The summed E-state index contributed by atoms with van der Waals surface area (Å²) in [6, 6.07) is 10.1. The minimum Gasteiger partial charge on any atom is -0.466 e. The third-order valence-electron chi connectivity index (χ3n) is 3.85. The van der Waals surface area contributed by atoms with Crippen molar-refractivity contribution in [2.75, 3.05) is 6.54 Å². The predicted molar refractivity (Wildman–Crippen MR) is 96.5 cm³/mol. The normalized spacial score (nSPS) is 10.8. The number of carbonyl (C=O) groups excluding carboxylic acids is 1. The van der Waals surface area contributed by atoms with E-state index >= 15 is 0 Å². The van der Waals surface area contributed by atoms with Gasteiger partial charge in [-0.05, 0) is 38.8 Å². The Hall–Kier alpha value is -2.40. The Balaban J connectivity index is 1.55. The Bertz CT molecular complexity index is 847. The van der Waals surface area contributed by atoms with Gasteiger partial charge in [-0.3, -0.25) is 4.79 Å². The zero-order valence-electron chi connectivity index (χ0n) is 14.1. The first kappa shape index (κ1) is 16.5.